The molecule has 5 heterocycles. The van der Waals surface area contributed by atoms with Crippen LogP contribution >= 0.6 is 22.9 Å². The van der Waals surface area contributed by atoms with Crippen LogP contribution in [0.15, 0.2) is 79.3 Å². The average Bonchev–Trinajstić information content (AvgIpc) is 3.95. The number of likely N-dealkylation sites (N-methyl/N-ethyl adjacent to an activating group) is 1. The van der Waals surface area contributed by atoms with E-state index in [1.165, 1.54) is 17.7 Å². The van der Waals surface area contributed by atoms with E-state index in [0.717, 1.165) is 124 Å². The summed E-state index contributed by atoms with van der Waals surface area (Å²) < 4.78 is 32.7. The number of para-hydroxylation sites is 1. The Bertz CT molecular complexity index is 2500. The number of hydrogen-bond acceptors (Lipinski definition) is 13. The van der Waals surface area contributed by atoms with E-state index in [-0.39, 0.29) is 18.9 Å². The minimum absolute atomic E-state index is 0.0243. The Balaban J connectivity index is 1.09. The molecule has 3 aromatic heterocycles. The number of benzene rings is 3. The molecule has 16 heteroatoms. The molecule has 2 aliphatic rings. The molecule has 2 saturated heterocycles. The molecule has 65 heavy (non-hydrogen) atoms. The van der Waals surface area contributed by atoms with Crippen LogP contribution < -0.4 is 18.9 Å². The van der Waals surface area contributed by atoms with Crippen molar-refractivity contribution in [2.45, 2.75) is 52.4 Å². The molecule has 2 aliphatic heterocycles. The number of rotatable bonds is 21. The van der Waals surface area contributed by atoms with Crippen molar-refractivity contribution in [3.63, 3.8) is 0 Å². The van der Waals surface area contributed by atoms with Crippen molar-refractivity contribution in [3.8, 4) is 44.7 Å². The number of thiophene rings is 1. The van der Waals surface area contributed by atoms with E-state index in [4.69, 9.17) is 40.3 Å². The van der Waals surface area contributed by atoms with Crippen LogP contribution in [-0.2, 0) is 29.1 Å². The lowest BCUT2D eigenvalue weighted by molar-refractivity contribution is -0.145. The first-order valence-electron chi connectivity index (χ1n) is 22.5. The molecule has 0 bridgehead atoms. The van der Waals surface area contributed by atoms with Gasteiger partial charge in [0.25, 0.3) is 0 Å². The summed E-state index contributed by atoms with van der Waals surface area (Å²) in [7, 11) is 2.15. The molecular weight excluding hydrogens is 866 g/mol. The second-order valence-corrected chi connectivity index (χ2v) is 17.9. The molecule has 14 nitrogen and oxygen atoms in total. The van der Waals surface area contributed by atoms with Crippen molar-refractivity contribution < 1.29 is 33.6 Å². The van der Waals surface area contributed by atoms with Crippen LogP contribution in [0.25, 0.3) is 31.8 Å². The smallest absolute Gasteiger partial charge is 0.345 e. The van der Waals surface area contributed by atoms with Crippen LogP contribution in [0, 0.1) is 6.92 Å². The van der Waals surface area contributed by atoms with E-state index in [9.17, 15) is 9.90 Å². The maximum Gasteiger partial charge on any atom is 0.345 e. The average molecular weight is 925 g/mol. The molecule has 2 fully saturated rings. The van der Waals surface area contributed by atoms with Crippen LogP contribution in [0.4, 0.5) is 0 Å². The Labute approximate surface area is 389 Å². The van der Waals surface area contributed by atoms with Gasteiger partial charge in [0.1, 0.15) is 48.2 Å². The number of aliphatic carboxylic acids is 1. The maximum atomic E-state index is 13.1. The number of piperazine rings is 1. The molecule has 1 N–H and O–H groups in total. The molecule has 0 radical (unpaired) electrons. The first-order chi connectivity index (χ1) is 31.7. The van der Waals surface area contributed by atoms with Gasteiger partial charge in [0.2, 0.25) is 12.0 Å². The lowest BCUT2D eigenvalue weighted by Crippen LogP contribution is -2.45. The van der Waals surface area contributed by atoms with Gasteiger partial charge in [0.05, 0.1) is 29.3 Å². The minimum Gasteiger partial charge on any atom is -0.492 e. The third-order valence-corrected chi connectivity index (χ3v) is 13.7. The van der Waals surface area contributed by atoms with Crippen molar-refractivity contribution >= 4 is 39.1 Å². The number of aryl methyl sites for hydroxylation is 1. The van der Waals surface area contributed by atoms with Crippen LogP contribution in [0.3, 0.4) is 0 Å². The van der Waals surface area contributed by atoms with Gasteiger partial charge >= 0.3 is 5.97 Å². The van der Waals surface area contributed by atoms with Gasteiger partial charge in [-0.15, -0.1) is 11.3 Å². The summed E-state index contributed by atoms with van der Waals surface area (Å²) in [6, 6.07) is 21.3. The molecule has 0 unspecified atom stereocenters. The number of hydrogen-bond donors (Lipinski definition) is 1. The third-order valence-electron chi connectivity index (χ3n) is 12.0. The Hall–Kier alpha value is -5.29. The van der Waals surface area contributed by atoms with Crippen molar-refractivity contribution in [2.24, 2.45) is 0 Å². The normalized spacial score (nSPS) is 15.6. The van der Waals surface area contributed by atoms with Gasteiger partial charge in [0, 0.05) is 82.0 Å². The summed E-state index contributed by atoms with van der Waals surface area (Å²) in [5.41, 5.74) is 4.98. The summed E-state index contributed by atoms with van der Waals surface area (Å²) in [6.07, 6.45) is 3.97. The zero-order valence-electron chi connectivity index (χ0n) is 37.4. The fourth-order valence-corrected chi connectivity index (χ4v) is 9.52. The quantitative estimate of drug-likeness (QED) is 0.0748. The van der Waals surface area contributed by atoms with E-state index in [1.54, 1.807) is 6.20 Å². The second-order valence-electron chi connectivity index (χ2n) is 16.5. The first kappa shape index (κ1) is 46.2. The number of carboxylic acid groups (broad SMARTS) is 1. The SMILES string of the molecule is CCCCn1nccc1COc1ccccc1C[C@@H](Oc1ncnc2sc(-c3ccc(OCCN4CCOCC4)cc3)c(-c3ccc(OCCN4CCN(C)CC4)c(Cl)c3C)c12)C(=O)O. The molecule has 1 atom stereocenters. The number of nitrogens with zero attached hydrogens (tertiary/aromatic N) is 7. The highest BCUT2D eigenvalue weighted by atomic mass is 35.5. The zero-order valence-corrected chi connectivity index (χ0v) is 39.0. The van der Waals surface area contributed by atoms with Crippen LogP contribution in [-0.4, -0.2) is 137 Å². The number of halogens is 1. The van der Waals surface area contributed by atoms with E-state index < -0.39 is 12.1 Å². The molecule has 0 aliphatic carbocycles. The third kappa shape index (κ3) is 11.6. The summed E-state index contributed by atoms with van der Waals surface area (Å²) in [5.74, 6) is 0.960. The number of ether oxygens (including phenoxy) is 5. The fourth-order valence-electron chi connectivity index (χ4n) is 8.15. The standard InChI is InChI=1S/C49H58ClN7O7S/c1-4-5-18-57-37(16-17-53-57)32-63-40-9-7-6-8-36(40)31-42(49(58)59)64-47-44-43(39-14-15-41(45(50)34(39)2)62-30-26-55-21-19-54(3)20-22-55)46(65-48(44)52-33-51-47)35-10-12-38(13-11-35)61-29-25-56-23-27-60-28-24-56/h6-17,33,42H,4-5,18-32H2,1-3H3,(H,58,59)/t42-/m1/s1. The number of unbranched alkanes of at least 4 members (excludes halogenated alkanes) is 1. The van der Waals surface area contributed by atoms with E-state index in [0.29, 0.717) is 45.5 Å². The summed E-state index contributed by atoms with van der Waals surface area (Å²) >= 11 is 8.65. The number of fused-ring (bicyclic) bond motifs is 1. The Morgan fingerprint density at radius 2 is 1.63 bits per heavy atom. The predicted octanol–water partition coefficient (Wildman–Crippen LogP) is 7.97. The molecular formula is C49H58ClN7O7S. The monoisotopic (exact) mass is 923 g/mol. The number of carboxylic acids is 1. The number of aromatic nitrogens is 4. The van der Waals surface area contributed by atoms with Crippen LogP contribution in [0.5, 0.6) is 23.1 Å². The van der Waals surface area contributed by atoms with Gasteiger partial charge in [-0.2, -0.15) is 5.10 Å². The van der Waals surface area contributed by atoms with E-state index in [2.05, 4.69) is 38.8 Å². The lowest BCUT2D eigenvalue weighted by atomic mass is 9.96. The van der Waals surface area contributed by atoms with Gasteiger partial charge in [0.15, 0.2) is 0 Å². The van der Waals surface area contributed by atoms with Crippen molar-refractivity contribution in [3.05, 3.63) is 101 Å². The predicted molar refractivity (Wildman–Crippen MR) is 254 cm³/mol. The van der Waals surface area contributed by atoms with Gasteiger partial charge in [-0.3, -0.25) is 14.5 Å². The van der Waals surface area contributed by atoms with E-state index in [1.807, 2.05) is 78.3 Å². The number of morpholine rings is 1. The van der Waals surface area contributed by atoms with Crippen molar-refractivity contribution in [1.82, 2.24) is 34.4 Å². The largest absolute Gasteiger partial charge is 0.492 e. The van der Waals surface area contributed by atoms with Gasteiger partial charge < -0.3 is 33.7 Å². The molecule has 3 aromatic carbocycles. The van der Waals surface area contributed by atoms with Crippen molar-refractivity contribution in [1.29, 1.82) is 0 Å². The molecule has 0 amide bonds. The molecule has 0 saturated carbocycles. The highest BCUT2D eigenvalue weighted by Gasteiger charge is 2.28. The first-order valence-corrected chi connectivity index (χ1v) is 23.7. The minimum atomic E-state index is -1.31. The van der Waals surface area contributed by atoms with Crippen LogP contribution in [0.1, 0.15) is 36.6 Å². The summed E-state index contributed by atoms with van der Waals surface area (Å²) in [4.78, 5) is 31.0. The molecule has 6 aromatic rings. The molecule has 0 spiro atoms. The topological polar surface area (TPSA) is 137 Å². The maximum absolute atomic E-state index is 13.1. The van der Waals surface area contributed by atoms with E-state index >= 15 is 0 Å². The van der Waals surface area contributed by atoms with Crippen molar-refractivity contribution in [2.75, 3.05) is 85.8 Å². The lowest BCUT2D eigenvalue weighted by Gasteiger charge is -2.32. The summed E-state index contributed by atoms with van der Waals surface area (Å²) in [6.45, 7) is 15.3. The van der Waals surface area contributed by atoms with Crippen LogP contribution in [0.2, 0.25) is 5.02 Å². The number of carbonyl (C=O) groups is 1. The Morgan fingerprint density at radius 1 is 0.877 bits per heavy atom. The Morgan fingerprint density at radius 3 is 2.40 bits per heavy atom. The Kier molecular flexibility index (Phi) is 15.8. The fraction of sp³-hybridized carbons (Fsp3) is 0.429. The van der Waals surface area contributed by atoms with Gasteiger partial charge in [-0.25, -0.2) is 14.8 Å². The molecule has 344 valence electrons. The van der Waals surface area contributed by atoms with Gasteiger partial charge in [-0.05, 0) is 85.1 Å². The zero-order chi connectivity index (χ0) is 45.1. The second kappa shape index (κ2) is 22.3. The van der Waals surface area contributed by atoms with Gasteiger partial charge in [-0.1, -0.05) is 49.2 Å². The highest BCUT2D eigenvalue weighted by Crippen LogP contribution is 2.49. The summed E-state index contributed by atoms with van der Waals surface area (Å²) in [5, 5.41) is 16.2. The molecule has 8 rings (SSSR count). The highest BCUT2D eigenvalue weighted by molar-refractivity contribution is 7.22.